The molecular formula is C29H20Cl2N2O5. The van der Waals surface area contributed by atoms with Crippen LogP contribution in [-0.4, -0.2) is 34.5 Å². The van der Waals surface area contributed by atoms with Crippen molar-refractivity contribution in [2.24, 2.45) is 11.8 Å². The van der Waals surface area contributed by atoms with Crippen LogP contribution in [0.5, 0.6) is 5.75 Å². The van der Waals surface area contributed by atoms with E-state index in [2.05, 4.69) is 0 Å². The van der Waals surface area contributed by atoms with Crippen LogP contribution in [0.25, 0.3) is 6.08 Å². The number of hydrogen-bond donors (Lipinski definition) is 0. The predicted molar refractivity (Wildman–Crippen MR) is 142 cm³/mol. The lowest BCUT2D eigenvalue weighted by Crippen LogP contribution is -2.44. The molecule has 7 nitrogen and oxygen atoms in total. The van der Waals surface area contributed by atoms with Crippen molar-refractivity contribution in [1.82, 2.24) is 4.90 Å². The Morgan fingerprint density at radius 2 is 1.61 bits per heavy atom. The molecule has 0 radical (unpaired) electrons. The molecule has 0 aliphatic carbocycles. The molecule has 190 valence electrons. The Labute approximate surface area is 228 Å². The van der Waals surface area contributed by atoms with Crippen molar-refractivity contribution in [3.63, 3.8) is 0 Å². The lowest BCUT2D eigenvalue weighted by atomic mass is 9.83. The van der Waals surface area contributed by atoms with Gasteiger partial charge in [-0.05, 0) is 59.7 Å². The minimum absolute atomic E-state index is 0.179. The Morgan fingerprint density at radius 1 is 0.895 bits per heavy atom. The van der Waals surface area contributed by atoms with Crippen molar-refractivity contribution in [2.75, 3.05) is 4.90 Å². The van der Waals surface area contributed by atoms with Gasteiger partial charge in [-0.3, -0.25) is 19.2 Å². The van der Waals surface area contributed by atoms with E-state index in [4.69, 9.17) is 27.9 Å². The summed E-state index contributed by atoms with van der Waals surface area (Å²) in [6.45, 7) is 1.29. The number of imide groups is 1. The number of amides is 2. The van der Waals surface area contributed by atoms with Crippen LogP contribution in [0.1, 0.15) is 34.5 Å². The molecule has 3 aromatic carbocycles. The van der Waals surface area contributed by atoms with Crippen LogP contribution in [0.3, 0.4) is 0 Å². The number of Topliss-reactive ketones (excluding diaryl/α,β-unsaturated/α-hetero) is 1. The maximum atomic E-state index is 14.0. The number of carbonyl (C=O) groups is 4. The summed E-state index contributed by atoms with van der Waals surface area (Å²) >= 11 is 12.5. The van der Waals surface area contributed by atoms with Crippen molar-refractivity contribution in [2.45, 2.75) is 19.0 Å². The average molecular weight is 547 g/mol. The highest BCUT2D eigenvalue weighted by molar-refractivity contribution is 6.37. The standard InChI is InChI=1S/C29H20Cl2N2O5/c1-15(34)38-19-9-7-18(8-10-19)33-28(36)23-24(29(33)37)26(27(35)21-11-6-17(30)14-22(21)31)32-13-12-16-4-2-3-5-20(16)25(23)32/h2-14,23-26H,1H3/t23-,24+,25?,26-/m0/s1. The Kier molecular flexibility index (Phi) is 5.85. The molecule has 6 rings (SSSR count). The van der Waals surface area contributed by atoms with Gasteiger partial charge in [0.1, 0.15) is 11.8 Å². The van der Waals surface area contributed by atoms with Gasteiger partial charge in [0, 0.05) is 23.7 Å². The number of benzene rings is 3. The van der Waals surface area contributed by atoms with Gasteiger partial charge in [-0.15, -0.1) is 0 Å². The smallest absolute Gasteiger partial charge is 0.308 e. The molecule has 2 amide bonds. The SMILES string of the molecule is CC(=O)Oc1ccc(N2C(=O)[C@@H]3[C@H](C2=O)C2c4ccccc4C=CN2[C@@H]3C(=O)c2ccc(Cl)cc2Cl)cc1. The highest BCUT2D eigenvalue weighted by Gasteiger charge is 2.64. The molecule has 1 unspecified atom stereocenters. The Hall–Kier alpha value is -3.94. The summed E-state index contributed by atoms with van der Waals surface area (Å²) in [7, 11) is 0. The van der Waals surface area contributed by atoms with E-state index in [1.807, 2.05) is 35.2 Å². The second-order valence-electron chi connectivity index (χ2n) is 9.42. The number of anilines is 1. The van der Waals surface area contributed by atoms with Gasteiger partial charge < -0.3 is 9.64 Å². The number of ether oxygens (including phenoxy) is 1. The van der Waals surface area contributed by atoms with E-state index in [-0.39, 0.29) is 16.4 Å². The fraction of sp³-hybridized carbons (Fsp3) is 0.172. The van der Waals surface area contributed by atoms with Crippen molar-refractivity contribution >= 4 is 58.5 Å². The summed E-state index contributed by atoms with van der Waals surface area (Å²) in [5.74, 6) is -3.13. The van der Waals surface area contributed by atoms with Gasteiger partial charge in [-0.1, -0.05) is 47.5 Å². The fourth-order valence-corrected chi connectivity index (χ4v) is 6.29. The third-order valence-electron chi connectivity index (χ3n) is 7.28. The van der Waals surface area contributed by atoms with Gasteiger partial charge in [0.25, 0.3) is 0 Å². The second-order valence-corrected chi connectivity index (χ2v) is 10.3. The van der Waals surface area contributed by atoms with Gasteiger partial charge in [0.05, 0.1) is 28.6 Å². The Balaban J connectivity index is 1.45. The topological polar surface area (TPSA) is 84.0 Å². The number of esters is 1. The predicted octanol–water partition coefficient (Wildman–Crippen LogP) is 5.32. The summed E-state index contributed by atoms with van der Waals surface area (Å²) in [5, 5.41) is 0.564. The van der Waals surface area contributed by atoms with Crippen LogP contribution < -0.4 is 9.64 Å². The molecule has 2 saturated heterocycles. The average Bonchev–Trinajstić information content (AvgIpc) is 3.36. The number of hydrogen-bond acceptors (Lipinski definition) is 6. The fourth-order valence-electron chi connectivity index (χ4n) is 5.79. The number of rotatable bonds is 4. The van der Waals surface area contributed by atoms with Gasteiger partial charge in [0.15, 0.2) is 5.78 Å². The lowest BCUT2D eigenvalue weighted by Gasteiger charge is -2.35. The summed E-state index contributed by atoms with van der Waals surface area (Å²) in [5.41, 5.74) is 2.37. The van der Waals surface area contributed by atoms with Crippen LogP contribution in [-0.2, 0) is 14.4 Å². The van der Waals surface area contributed by atoms with E-state index in [0.717, 1.165) is 16.0 Å². The summed E-state index contributed by atoms with van der Waals surface area (Å²) < 4.78 is 5.08. The number of ketones is 1. The van der Waals surface area contributed by atoms with E-state index >= 15 is 0 Å². The summed E-state index contributed by atoms with van der Waals surface area (Å²) in [4.78, 5) is 56.2. The zero-order chi connectivity index (χ0) is 26.7. The highest BCUT2D eigenvalue weighted by Crippen LogP contribution is 2.54. The molecule has 0 N–H and O–H groups in total. The minimum Gasteiger partial charge on any atom is -0.427 e. The first-order valence-electron chi connectivity index (χ1n) is 12.0. The van der Waals surface area contributed by atoms with E-state index in [1.165, 1.54) is 25.1 Å². The third kappa shape index (κ3) is 3.73. The van der Waals surface area contributed by atoms with Crippen LogP contribution in [0.15, 0.2) is 72.9 Å². The largest absolute Gasteiger partial charge is 0.427 e. The molecule has 38 heavy (non-hydrogen) atoms. The molecule has 3 aliphatic heterocycles. The quantitative estimate of drug-likeness (QED) is 0.190. The molecule has 0 bridgehead atoms. The van der Waals surface area contributed by atoms with Gasteiger partial charge >= 0.3 is 5.97 Å². The van der Waals surface area contributed by atoms with E-state index in [0.29, 0.717) is 16.5 Å². The van der Waals surface area contributed by atoms with Crippen LogP contribution in [0.4, 0.5) is 5.69 Å². The van der Waals surface area contributed by atoms with E-state index in [1.54, 1.807) is 30.5 Å². The van der Waals surface area contributed by atoms with Crippen LogP contribution >= 0.6 is 23.2 Å². The molecule has 2 fully saturated rings. The van der Waals surface area contributed by atoms with Crippen molar-refractivity contribution < 1.29 is 23.9 Å². The first-order chi connectivity index (χ1) is 18.3. The zero-order valence-corrected chi connectivity index (χ0v) is 21.5. The molecular weight excluding hydrogens is 527 g/mol. The molecule has 4 atom stereocenters. The first kappa shape index (κ1) is 24.4. The Morgan fingerprint density at radius 3 is 2.32 bits per heavy atom. The minimum atomic E-state index is -0.949. The van der Waals surface area contributed by atoms with E-state index in [9.17, 15) is 19.2 Å². The third-order valence-corrected chi connectivity index (χ3v) is 7.83. The van der Waals surface area contributed by atoms with Crippen LogP contribution in [0.2, 0.25) is 10.0 Å². The molecule has 9 heteroatoms. The Bertz CT molecular complexity index is 1550. The molecule has 0 saturated carbocycles. The summed E-state index contributed by atoms with van der Waals surface area (Å²) in [6, 6.07) is 16.9. The van der Waals surface area contributed by atoms with Crippen molar-refractivity contribution in [3.05, 3.63) is 99.7 Å². The first-order valence-corrected chi connectivity index (χ1v) is 12.7. The number of carbonyl (C=O) groups excluding carboxylic acids is 4. The molecule has 0 aromatic heterocycles. The summed E-state index contributed by atoms with van der Waals surface area (Å²) in [6.07, 6.45) is 3.67. The van der Waals surface area contributed by atoms with E-state index < -0.39 is 41.7 Å². The van der Waals surface area contributed by atoms with Crippen molar-refractivity contribution in [3.8, 4) is 5.75 Å². The maximum Gasteiger partial charge on any atom is 0.308 e. The zero-order valence-electron chi connectivity index (χ0n) is 20.0. The van der Waals surface area contributed by atoms with Gasteiger partial charge in [0.2, 0.25) is 11.8 Å². The second kappa shape index (κ2) is 9.11. The normalized spacial score (nSPS) is 23.2. The monoisotopic (exact) mass is 546 g/mol. The number of halogens is 2. The number of nitrogens with zero attached hydrogens (tertiary/aromatic N) is 2. The van der Waals surface area contributed by atoms with Crippen LogP contribution in [0, 0.1) is 11.8 Å². The van der Waals surface area contributed by atoms with Crippen molar-refractivity contribution in [1.29, 1.82) is 0 Å². The molecule has 3 aromatic rings. The molecule has 3 heterocycles. The highest BCUT2D eigenvalue weighted by atomic mass is 35.5. The molecule has 0 spiro atoms. The molecule has 3 aliphatic rings. The lowest BCUT2D eigenvalue weighted by molar-refractivity contribution is -0.132. The number of fused-ring (bicyclic) bond motifs is 5. The maximum absolute atomic E-state index is 14.0. The van der Waals surface area contributed by atoms with Gasteiger partial charge in [-0.2, -0.15) is 0 Å². The van der Waals surface area contributed by atoms with Gasteiger partial charge in [-0.25, -0.2) is 4.90 Å².